The van der Waals surface area contributed by atoms with Gasteiger partial charge in [-0.25, -0.2) is 17.6 Å². The van der Waals surface area contributed by atoms with Crippen molar-refractivity contribution in [2.45, 2.75) is 0 Å². The first-order valence-corrected chi connectivity index (χ1v) is 18.0. The molecule has 0 aliphatic carbocycles. The van der Waals surface area contributed by atoms with Crippen molar-refractivity contribution >= 4 is 98.2 Å². The van der Waals surface area contributed by atoms with E-state index < -0.39 is 23.3 Å². The molecule has 10 aromatic rings. The van der Waals surface area contributed by atoms with E-state index in [0.717, 1.165) is 64.4 Å². The predicted octanol–water partition coefficient (Wildman–Crippen LogP) is 14.1. The van der Waals surface area contributed by atoms with Crippen molar-refractivity contribution in [3.63, 3.8) is 0 Å². The zero-order valence-electron chi connectivity index (χ0n) is 24.2. The van der Waals surface area contributed by atoms with E-state index in [9.17, 15) is 0 Å². The minimum atomic E-state index is -0.917. The Balaban J connectivity index is 1.02. The van der Waals surface area contributed by atoms with E-state index in [1.807, 2.05) is 72.8 Å². The molecule has 0 unspecified atom stereocenters. The Bertz CT molecular complexity index is 2590. The molecule has 6 aromatic heterocycles. The Labute approximate surface area is 284 Å². The summed E-state index contributed by atoms with van der Waals surface area (Å²) in [4.78, 5) is 1.97. The summed E-state index contributed by atoms with van der Waals surface area (Å²) in [5.74, 6) is -3.02. The van der Waals surface area contributed by atoms with Crippen LogP contribution in [0.3, 0.4) is 0 Å². The van der Waals surface area contributed by atoms with E-state index in [4.69, 9.17) is 8.83 Å². The fourth-order valence-electron chi connectivity index (χ4n) is 6.15. The lowest BCUT2D eigenvalue weighted by Gasteiger charge is -1.99. The lowest BCUT2D eigenvalue weighted by atomic mass is 10.1. The molecular formula is C38H16F4O2S4. The molecule has 0 radical (unpaired) electrons. The van der Waals surface area contributed by atoms with Crippen LogP contribution in [-0.4, -0.2) is 0 Å². The van der Waals surface area contributed by atoms with Gasteiger partial charge in [-0.15, -0.1) is 45.3 Å². The monoisotopic (exact) mass is 708 g/mol. The summed E-state index contributed by atoms with van der Waals surface area (Å²) in [6.45, 7) is 0. The molecule has 0 saturated carbocycles. The molecule has 0 aliphatic heterocycles. The summed E-state index contributed by atoms with van der Waals surface area (Å²) < 4.78 is 74.6. The minimum absolute atomic E-state index is 0.129. The fraction of sp³-hybridized carbons (Fsp3) is 0. The van der Waals surface area contributed by atoms with Crippen LogP contribution >= 0.6 is 45.3 Å². The third-order valence-electron chi connectivity index (χ3n) is 8.45. The van der Waals surface area contributed by atoms with Crippen LogP contribution in [0.2, 0.25) is 0 Å². The number of hydrogen-bond donors (Lipinski definition) is 0. The van der Waals surface area contributed by atoms with Crippen molar-refractivity contribution in [2.24, 2.45) is 0 Å². The molecule has 232 valence electrons. The number of benzene rings is 4. The molecule has 0 bridgehead atoms. The molecule has 6 heterocycles. The SMILES string of the molecule is Fc1c(-c2cc3ccccc3o2)sc(-c2cc3cc4cc5sc(-c6sc(-c7cc8ccccc8o7)c(F)c6F)cc5cc4cc3s2)c1F. The van der Waals surface area contributed by atoms with Gasteiger partial charge in [0.15, 0.2) is 23.3 Å². The average Bonchev–Trinajstić information content (AvgIpc) is 3.93. The molecule has 48 heavy (non-hydrogen) atoms. The second kappa shape index (κ2) is 10.4. The van der Waals surface area contributed by atoms with E-state index in [0.29, 0.717) is 32.4 Å². The van der Waals surface area contributed by atoms with Gasteiger partial charge in [0.1, 0.15) is 32.4 Å². The molecule has 0 fully saturated rings. The quantitative estimate of drug-likeness (QED) is 0.170. The second-order valence-electron chi connectivity index (χ2n) is 11.4. The van der Waals surface area contributed by atoms with E-state index in [1.165, 1.54) is 22.7 Å². The first kappa shape index (κ1) is 28.3. The highest BCUT2D eigenvalue weighted by Gasteiger charge is 2.26. The van der Waals surface area contributed by atoms with Crippen LogP contribution in [0.5, 0.6) is 0 Å². The normalized spacial score (nSPS) is 12.2. The summed E-state index contributed by atoms with van der Waals surface area (Å²) >= 11 is 4.86. The second-order valence-corrected chi connectivity index (χ2v) is 15.6. The molecule has 0 spiro atoms. The zero-order chi connectivity index (χ0) is 32.3. The highest BCUT2D eigenvalue weighted by Crippen LogP contribution is 2.48. The van der Waals surface area contributed by atoms with Gasteiger partial charge in [0, 0.05) is 29.9 Å². The molecule has 0 aliphatic rings. The third-order valence-corrected chi connectivity index (χ3v) is 13.3. The minimum Gasteiger partial charge on any atom is -0.455 e. The van der Waals surface area contributed by atoms with Crippen molar-refractivity contribution < 1.29 is 26.4 Å². The molecule has 0 amide bonds. The van der Waals surface area contributed by atoms with Crippen molar-refractivity contribution in [1.29, 1.82) is 0 Å². The van der Waals surface area contributed by atoms with Crippen molar-refractivity contribution in [3.8, 4) is 40.8 Å². The van der Waals surface area contributed by atoms with Crippen molar-refractivity contribution in [3.05, 3.63) is 120 Å². The number of rotatable bonds is 4. The smallest absolute Gasteiger partial charge is 0.181 e. The number of furan rings is 2. The molecule has 10 rings (SSSR count). The van der Waals surface area contributed by atoms with Crippen LogP contribution in [-0.2, 0) is 0 Å². The molecular weight excluding hydrogens is 693 g/mol. The lowest BCUT2D eigenvalue weighted by Crippen LogP contribution is -1.79. The maximum absolute atomic E-state index is 15.3. The highest BCUT2D eigenvalue weighted by molar-refractivity contribution is 7.27. The fourth-order valence-corrected chi connectivity index (χ4v) is 10.6. The lowest BCUT2D eigenvalue weighted by molar-refractivity contribution is 0.516. The largest absolute Gasteiger partial charge is 0.455 e. The van der Waals surface area contributed by atoms with Gasteiger partial charge in [0.05, 0.1) is 9.75 Å². The van der Waals surface area contributed by atoms with E-state index >= 15 is 17.6 Å². The van der Waals surface area contributed by atoms with Gasteiger partial charge >= 0.3 is 0 Å². The molecule has 4 aromatic carbocycles. The van der Waals surface area contributed by atoms with Crippen LogP contribution in [0, 0.1) is 23.3 Å². The van der Waals surface area contributed by atoms with Gasteiger partial charge < -0.3 is 8.83 Å². The van der Waals surface area contributed by atoms with Crippen LogP contribution in [0.15, 0.2) is 106 Å². The number of fused-ring (bicyclic) bond motifs is 5. The van der Waals surface area contributed by atoms with E-state index in [2.05, 4.69) is 0 Å². The molecule has 0 saturated heterocycles. The molecule has 10 heteroatoms. The average molecular weight is 709 g/mol. The van der Waals surface area contributed by atoms with Crippen LogP contribution in [0.25, 0.3) is 93.7 Å². The molecule has 0 atom stereocenters. The van der Waals surface area contributed by atoms with E-state index in [1.54, 1.807) is 24.3 Å². The summed E-state index contributed by atoms with van der Waals surface area (Å²) in [5, 5.41) is 5.35. The summed E-state index contributed by atoms with van der Waals surface area (Å²) in [6, 6.07) is 30.1. The first-order valence-electron chi connectivity index (χ1n) is 14.7. The van der Waals surface area contributed by atoms with Gasteiger partial charge in [0.25, 0.3) is 0 Å². The Morgan fingerprint density at radius 1 is 0.375 bits per heavy atom. The number of para-hydroxylation sites is 2. The van der Waals surface area contributed by atoms with Gasteiger partial charge in [-0.05, 0) is 82.2 Å². The van der Waals surface area contributed by atoms with Crippen LogP contribution < -0.4 is 0 Å². The van der Waals surface area contributed by atoms with Crippen molar-refractivity contribution in [1.82, 2.24) is 0 Å². The van der Waals surface area contributed by atoms with E-state index in [-0.39, 0.29) is 19.5 Å². The van der Waals surface area contributed by atoms with Gasteiger partial charge in [0.2, 0.25) is 0 Å². The summed E-state index contributed by atoms with van der Waals surface area (Å²) in [5.41, 5.74) is 1.23. The number of thiophene rings is 4. The number of halogens is 4. The Morgan fingerprint density at radius 3 is 1.23 bits per heavy atom. The Morgan fingerprint density at radius 2 is 0.792 bits per heavy atom. The zero-order valence-corrected chi connectivity index (χ0v) is 27.5. The topological polar surface area (TPSA) is 26.3 Å². The van der Waals surface area contributed by atoms with Gasteiger partial charge in [-0.3, -0.25) is 0 Å². The molecule has 0 N–H and O–H groups in total. The van der Waals surface area contributed by atoms with Gasteiger partial charge in [-0.1, -0.05) is 36.4 Å². The van der Waals surface area contributed by atoms with Gasteiger partial charge in [-0.2, -0.15) is 0 Å². The maximum Gasteiger partial charge on any atom is 0.181 e. The third kappa shape index (κ3) is 4.26. The summed E-state index contributed by atoms with van der Waals surface area (Å²) in [7, 11) is 0. The standard InChI is InChI=1S/C38H16F4O2S4/c39-31-33(41)37(47-35(31)25-11-17-5-1-3-7-23(17)43-25)29-15-21-9-19-14-28-22(10-20(19)13-27(21)45-29)16-30(46-28)38-34(42)32(40)36(48-38)26-12-18-6-2-4-8-24(18)44-26/h1-16H. The van der Waals surface area contributed by atoms with Crippen LogP contribution in [0.1, 0.15) is 0 Å². The Kier molecular flexibility index (Phi) is 6.12. The van der Waals surface area contributed by atoms with Crippen molar-refractivity contribution in [2.75, 3.05) is 0 Å². The van der Waals surface area contributed by atoms with Crippen LogP contribution in [0.4, 0.5) is 17.6 Å². The molecule has 2 nitrogen and oxygen atoms in total. The predicted molar refractivity (Wildman–Crippen MR) is 192 cm³/mol. The summed E-state index contributed by atoms with van der Waals surface area (Å²) in [6.07, 6.45) is 0. The first-order chi connectivity index (χ1) is 23.4. The number of hydrogen-bond acceptors (Lipinski definition) is 6. The maximum atomic E-state index is 15.3. The highest BCUT2D eigenvalue weighted by atomic mass is 32.1. The Hall–Kier alpha value is -4.74.